The minimum atomic E-state index is 0.251. The van der Waals surface area contributed by atoms with Crippen LogP contribution in [0.1, 0.15) is 36.6 Å². The molecule has 0 saturated carbocycles. The van der Waals surface area contributed by atoms with Gasteiger partial charge in [0, 0.05) is 13.1 Å². The SMILES string of the molecule is COc1cc(CNCC(c2ccco2)N2CCCCC2)cc(Cl)c1OC. The van der Waals surface area contributed by atoms with Gasteiger partial charge in [-0.05, 0) is 55.8 Å². The number of halogens is 1. The Balaban J connectivity index is 1.65. The van der Waals surface area contributed by atoms with Gasteiger partial charge in [0.05, 0.1) is 31.5 Å². The third-order valence-electron chi connectivity index (χ3n) is 4.86. The summed E-state index contributed by atoms with van der Waals surface area (Å²) in [5.41, 5.74) is 1.06. The van der Waals surface area contributed by atoms with Crippen LogP contribution in [0.4, 0.5) is 0 Å². The van der Waals surface area contributed by atoms with Crippen LogP contribution >= 0.6 is 11.6 Å². The second kappa shape index (κ2) is 9.31. The van der Waals surface area contributed by atoms with Gasteiger partial charge in [-0.1, -0.05) is 18.0 Å². The largest absolute Gasteiger partial charge is 0.493 e. The van der Waals surface area contributed by atoms with Crippen molar-refractivity contribution in [3.8, 4) is 11.5 Å². The summed E-state index contributed by atoms with van der Waals surface area (Å²) in [5, 5.41) is 4.10. The third kappa shape index (κ3) is 4.53. The first-order valence-electron chi connectivity index (χ1n) is 9.11. The lowest BCUT2D eigenvalue weighted by atomic mass is 10.1. The molecule has 1 aliphatic rings. The number of benzene rings is 1. The smallest absolute Gasteiger partial charge is 0.179 e. The molecule has 2 aromatic rings. The number of nitrogens with one attached hydrogen (secondary N) is 1. The summed E-state index contributed by atoms with van der Waals surface area (Å²) in [6.07, 6.45) is 5.57. The van der Waals surface area contributed by atoms with E-state index in [4.69, 9.17) is 25.5 Å². The zero-order valence-corrected chi connectivity index (χ0v) is 16.2. The molecule has 1 saturated heterocycles. The van der Waals surface area contributed by atoms with E-state index in [0.717, 1.165) is 31.0 Å². The average Bonchev–Trinajstić information content (AvgIpc) is 3.19. The molecular formula is C20H27ClN2O3. The van der Waals surface area contributed by atoms with E-state index < -0.39 is 0 Å². The van der Waals surface area contributed by atoms with Gasteiger partial charge in [0.25, 0.3) is 0 Å². The van der Waals surface area contributed by atoms with Crippen molar-refractivity contribution < 1.29 is 13.9 Å². The lowest BCUT2D eigenvalue weighted by molar-refractivity contribution is 0.142. The summed E-state index contributed by atoms with van der Waals surface area (Å²) in [4.78, 5) is 2.51. The van der Waals surface area contributed by atoms with Gasteiger partial charge in [-0.25, -0.2) is 0 Å². The van der Waals surface area contributed by atoms with Crippen LogP contribution in [0.3, 0.4) is 0 Å². The summed E-state index contributed by atoms with van der Waals surface area (Å²) in [7, 11) is 3.21. The van der Waals surface area contributed by atoms with Crippen molar-refractivity contribution in [2.75, 3.05) is 33.9 Å². The van der Waals surface area contributed by atoms with Crippen LogP contribution in [-0.4, -0.2) is 38.8 Å². The number of hydrogen-bond donors (Lipinski definition) is 1. The van der Waals surface area contributed by atoms with Crippen LogP contribution in [0.15, 0.2) is 34.9 Å². The van der Waals surface area contributed by atoms with Crippen molar-refractivity contribution in [2.24, 2.45) is 0 Å². The topological polar surface area (TPSA) is 46.9 Å². The Kier molecular flexibility index (Phi) is 6.83. The first-order chi connectivity index (χ1) is 12.7. The zero-order valence-electron chi connectivity index (χ0n) is 15.5. The molecule has 5 nitrogen and oxygen atoms in total. The quantitative estimate of drug-likeness (QED) is 0.743. The van der Waals surface area contributed by atoms with Crippen LogP contribution < -0.4 is 14.8 Å². The Bertz CT molecular complexity index is 685. The fourth-order valence-corrected chi connectivity index (χ4v) is 3.86. The van der Waals surface area contributed by atoms with Gasteiger partial charge >= 0.3 is 0 Å². The number of piperidine rings is 1. The Hall–Kier alpha value is -1.69. The maximum atomic E-state index is 6.30. The van der Waals surface area contributed by atoms with Crippen LogP contribution in [0, 0.1) is 0 Å². The van der Waals surface area contributed by atoms with Gasteiger partial charge in [0.2, 0.25) is 0 Å². The summed E-state index contributed by atoms with van der Waals surface area (Å²) >= 11 is 6.30. The number of hydrogen-bond acceptors (Lipinski definition) is 5. The van der Waals surface area contributed by atoms with Crippen LogP contribution in [-0.2, 0) is 6.54 Å². The first-order valence-corrected chi connectivity index (χ1v) is 9.49. The Morgan fingerprint density at radius 2 is 2.00 bits per heavy atom. The van der Waals surface area contributed by atoms with Gasteiger partial charge in [-0.15, -0.1) is 0 Å². The Labute approximate surface area is 160 Å². The fourth-order valence-electron chi connectivity index (χ4n) is 3.55. The van der Waals surface area contributed by atoms with Gasteiger partial charge < -0.3 is 19.2 Å². The molecule has 0 aliphatic carbocycles. The minimum absolute atomic E-state index is 0.251. The van der Waals surface area contributed by atoms with Gasteiger partial charge in [0.15, 0.2) is 11.5 Å². The monoisotopic (exact) mass is 378 g/mol. The first kappa shape index (κ1) is 19.1. The second-order valence-corrected chi connectivity index (χ2v) is 6.98. The van der Waals surface area contributed by atoms with E-state index in [-0.39, 0.29) is 6.04 Å². The van der Waals surface area contributed by atoms with E-state index in [2.05, 4.69) is 16.3 Å². The highest BCUT2D eigenvalue weighted by molar-refractivity contribution is 6.32. The number of rotatable bonds is 8. The lowest BCUT2D eigenvalue weighted by Crippen LogP contribution is -2.38. The molecule has 0 amide bonds. The molecule has 0 bridgehead atoms. The summed E-state index contributed by atoms with van der Waals surface area (Å²) in [5.74, 6) is 2.24. The van der Waals surface area contributed by atoms with E-state index in [1.807, 2.05) is 18.2 Å². The van der Waals surface area contributed by atoms with Crippen LogP contribution in [0.5, 0.6) is 11.5 Å². The fraction of sp³-hybridized carbons (Fsp3) is 0.500. The molecule has 0 radical (unpaired) electrons. The van der Waals surface area contributed by atoms with Crippen LogP contribution in [0.2, 0.25) is 5.02 Å². The molecule has 26 heavy (non-hydrogen) atoms. The molecule has 1 aromatic heterocycles. The molecular weight excluding hydrogens is 352 g/mol. The highest BCUT2D eigenvalue weighted by atomic mass is 35.5. The van der Waals surface area contributed by atoms with Gasteiger partial charge in [-0.2, -0.15) is 0 Å². The molecule has 2 heterocycles. The van der Waals surface area contributed by atoms with Crippen molar-refractivity contribution in [3.05, 3.63) is 46.9 Å². The average molecular weight is 379 g/mol. The molecule has 1 aromatic carbocycles. The van der Waals surface area contributed by atoms with E-state index in [1.54, 1.807) is 20.5 Å². The van der Waals surface area contributed by atoms with E-state index in [1.165, 1.54) is 19.3 Å². The maximum absolute atomic E-state index is 6.30. The Morgan fingerprint density at radius 1 is 1.19 bits per heavy atom. The van der Waals surface area contributed by atoms with Crippen LogP contribution in [0.25, 0.3) is 0 Å². The standard InChI is InChI=1S/C20H27ClN2O3/c1-24-19-12-15(11-16(21)20(19)25-2)13-22-14-17(18-7-6-10-26-18)23-8-4-3-5-9-23/h6-7,10-12,17,22H,3-5,8-9,13-14H2,1-2H3. The van der Waals surface area contributed by atoms with E-state index in [0.29, 0.717) is 23.1 Å². The number of ether oxygens (including phenoxy) is 2. The van der Waals surface area contributed by atoms with Crippen molar-refractivity contribution in [3.63, 3.8) is 0 Å². The van der Waals surface area contributed by atoms with Crippen molar-refractivity contribution in [1.82, 2.24) is 10.2 Å². The van der Waals surface area contributed by atoms with Gasteiger partial charge in [-0.3, -0.25) is 4.90 Å². The maximum Gasteiger partial charge on any atom is 0.179 e. The summed E-state index contributed by atoms with van der Waals surface area (Å²) in [6, 6.07) is 8.15. The van der Waals surface area contributed by atoms with Crippen molar-refractivity contribution in [1.29, 1.82) is 0 Å². The molecule has 1 unspecified atom stereocenters. The molecule has 6 heteroatoms. The summed E-state index contributed by atoms with van der Waals surface area (Å²) < 4.78 is 16.4. The third-order valence-corrected chi connectivity index (χ3v) is 5.14. The normalized spacial score (nSPS) is 16.4. The Morgan fingerprint density at radius 3 is 2.65 bits per heavy atom. The molecule has 0 spiro atoms. The molecule has 3 rings (SSSR count). The molecule has 142 valence electrons. The number of nitrogens with zero attached hydrogens (tertiary/aromatic N) is 1. The molecule has 1 aliphatic heterocycles. The molecule has 1 N–H and O–H groups in total. The molecule has 1 fully saturated rings. The predicted octanol–water partition coefficient (Wildman–Crippen LogP) is 4.27. The van der Waals surface area contributed by atoms with Crippen molar-refractivity contribution >= 4 is 11.6 Å². The second-order valence-electron chi connectivity index (χ2n) is 6.57. The molecule has 1 atom stereocenters. The van der Waals surface area contributed by atoms with E-state index >= 15 is 0 Å². The highest BCUT2D eigenvalue weighted by Gasteiger charge is 2.24. The zero-order chi connectivity index (χ0) is 18.4. The number of likely N-dealkylation sites (tertiary alicyclic amines) is 1. The minimum Gasteiger partial charge on any atom is -0.493 e. The predicted molar refractivity (Wildman–Crippen MR) is 103 cm³/mol. The number of furan rings is 1. The van der Waals surface area contributed by atoms with Crippen molar-refractivity contribution in [2.45, 2.75) is 31.8 Å². The summed E-state index contributed by atoms with van der Waals surface area (Å²) in [6.45, 7) is 3.76. The van der Waals surface area contributed by atoms with E-state index in [9.17, 15) is 0 Å². The number of methoxy groups -OCH3 is 2. The highest BCUT2D eigenvalue weighted by Crippen LogP contribution is 2.36. The lowest BCUT2D eigenvalue weighted by Gasteiger charge is -2.33. The van der Waals surface area contributed by atoms with Gasteiger partial charge in [0.1, 0.15) is 5.76 Å².